The Morgan fingerprint density at radius 2 is 2.06 bits per heavy atom. The van der Waals surface area contributed by atoms with Crippen molar-refractivity contribution in [3.63, 3.8) is 0 Å². The normalized spacial score (nSPS) is 30.2. The molecule has 1 rings (SSSR count). The maximum atomic E-state index is 10.1. The van der Waals surface area contributed by atoms with Crippen LogP contribution in [0.25, 0.3) is 0 Å². The first-order valence-electron chi connectivity index (χ1n) is 6.67. The van der Waals surface area contributed by atoms with Crippen molar-refractivity contribution in [2.75, 3.05) is 19.7 Å². The molecule has 4 N–H and O–H groups in total. The SMILES string of the molecule is CC(CO)C1(N)CCCN(C(O)OC(C)(C)C)C1. The van der Waals surface area contributed by atoms with Gasteiger partial charge < -0.3 is 20.7 Å². The number of nitrogens with two attached hydrogens (primary N) is 1. The molecule has 0 aromatic carbocycles. The summed E-state index contributed by atoms with van der Waals surface area (Å²) in [5, 5.41) is 19.4. The largest absolute Gasteiger partial charge is 0.396 e. The summed E-state index contributed by atoms with van der Waals surface area (Å²) in [5.74, 6) is 0.0159. The smallest absolute Gasteiger partial charge is 0.216 e. The average Bonchev–Trinajstić information content (AvgIpc) is 2.25. The lowest BCUT2D eigenvalue weighted by Gasteiger charge is -2.45. The minimum atomic E-state index is -0.931. The number of aliphatic hydroxyl groups excluding tert-OH is 2. The molecule has 0 saturated carbocycles. The van der Waals surface area contributed by atoms with E-state index in [4.69, 9.17) is 10.5 Å². The third-order valence-corrected chi connectivity index (χ3v) is 3.61. The number of likely N-dealkylation sites (tertiary alicyclic amines) is 1. The topological polar surface area (TPSA) is 79.0 Å². The lowest BCUT2D eigenvalue weighted by molar-refractivity contribution is -0.247. The summed E-state index contributed by atoms with van der Waals surface area (Å²) in [6.45, 7) is 9.06. The van der Waals surface area contributed by atoms with Crippen LogP contribution in [-0.4, -0.2) is 52.4 Å². The Hall–Kier alpha value is -0.200. The van der Waals surface area contributed by atoms with Gasteiger partial charge in [0.1, 0.15) is 0 Å². The van der Waals surface area contributed by atoms with E-state index in [1.165, 1.54) is 0 Å². The zero-order valence-corrected chi connectivity index (χ0v) is 12.0. The van der Waals surface area contributed by atoms with E-state index in [2.05, 4.69) is 0 Å². The molecule has 1 fully saturated rings. The third kappa shape index (κ3) is 4.17. The first-order valence-corrected chi connectivity index (χ1v) is 6.67. The average molecular weight is 260 g/mol. The second kappa shape index (κ2) is 5.84. The van der Waals surface area contributed by atoms with Crippen molar-refractivity contribution in [2.45, 2.75) is 58.1 Å². The number of hydrogen-bond acceptors (Lipinski definition) is 5. The fourth-order valence-electron chi connectivity index (χ4n) is 2.31. The van der Waals surface area contributed by atoms with Crippen LogP contribution < -0.4 is 5.73 Å². The molecular formula is C13H28N2O3. The van der Waals surface area contributed by atoms with Crippen LogP contribution in [0.2, 0.25) is 0 Å². The van der Waals surface area contributed by atoms with Crippen molar-refractivity contribution in [2.24, 2.45) is 11.7 Å². The van der Waals surface area contributed by atoms with E-state index in [1.807, 2.05) is 32.6 Å². The fraction of sp³-hybridized carbons (Fsp3) is 1.00. The van der Waals surface area contributed by atoms with Crippen LogP contribution in [0, 0.1) is 5.92 Å². The predicted molar refractivity (Wildman–Crippen MR) is 70.8 cm³/mol. The minimum absolute atomic E-state index is 0.0159. The molecule has 108 valence electrons. The van der Waals surface area contributed by atoms with Crippen molar-refractivity contribution < 1.29 is 14.9 Å². The second-order valence-corrected chi connectivity index (χ2v) is 6.45. The second-order valence-electron chi connectivity index (χ2n) is 6.45. The quantitative estimate of drug-likeness (QED) is 0.642. The van der Waals surface area contributed by atoms with Crippen molar-refractivity contribution >= 4 is 0 Å². The van der Waals surface area contributed by atoms with Gasteiger partial charge in [-0.1, -0.05) is 6.92 Å². The molecule has 5 nitrogen and oxygen atoms in total. The van der Waals surface area contributed by atoms with Crippen LogP contribution in [-0.2, 0) is 4.74 Å². The highest BCUT2D eigenvalue weighted by Crippen LogP contribution is 2.27. The van der Waals surface area contributed by atoms with Crippen LogP contribution >= 0.6 is 0 Å². The molecule has 0 spiro atoms. The van der Waals surface area contributed by atoms with Crippen LogP contribution in [0.5, 0.6) is 0 Å². The van der Waals surface area contributed by atoms with Gasteiger partial charge in [0, 0.05) is 25.2 Å². The molecule has 0 bridgehead atoms. The van der Waals surface area contributed by atoms with Gasteiger partial charge in [0.2, 0.25) is 6.41 Å². The van der Waals surface area contributed by atoms with Crippen LogP contribution in [0.1, 0.15) is 40.5 Å². The summed E-state index contributed by atoms with van der Waals surface area (Å²) >= 11 is 0. The summed E-state index contributed by atoms with van der Waals surface area (Å²) in [6.07, 6.45) is 0.845. The van der Waals surface area contributed by atoms with Gasteiger partial charge in [-0.3, -0.25) is 4.90 Å². The Bertz CT molecular complexity index is 267. The Kier molecular flexibility index (Phi) is 5.14. The first-order chi connectivity index (χ1) is 8.18. The zero-order valence-electron chi connectivity index (χ0n) is 12.0. The van der Waals surface area contributed by atoms with Gasteiger partial charge >= 0.3 is 0 Å². The molecule has 3 unspecified atom stereocenters. The van der Waals surface area contributed by atoms with Gasteiger partial charge in [-0.05, 0) is 39.5 Å². The Labute approximate surface area is 110 Å². The van der Waals surface area contributed by atoms with Crippen molar-refractivity contribution in [3.8, 4) is 0 Å². The number of nitrogens with zero attached hydrogens (tertiary/aromatic N) is 1. The lowest BCUT2D eigenvalue weighted by Crippen LogP contribution is -2.61. The van der Waals surface area contributed by atoms with Crippen molar-refractivity contribution in [3.05, 3.63) is 0 Å². The number of hydrogen-bond donors (Lipinski definition) is 3. The van der Waals surface area contributed by atoms with Crippen LogP contribution in [0.3, 0.4) is 0 Å². The third-order valence-electron chi connectivity index (χ3n) is 3.61. The molecule has 0 aromatic rings. The minimum Gasteiger partial charge on any atom is -0.396 e. The van der Waals surface area contributed by atoms with Crippen molar-refractivity contribution in [1.29, 1.82) is 0 Å². The number of rotatable bonds is 4. The van der Waals surface area contributed by atoms with E-state index >= 15 is 0 Å². The van der Waals surface area contributed by atoms with Gasteiger partial charge in [-0.2, -0.15) is 0 Å². The van der Waals surface area contributed by atoms with Gasteiger partial charge in [0.15, 0.2) is 0 Å². The molecule has 1 heterocycles. The van der Waals surface area contributed by atoms with Crippen LogP contribution in [0.15, 0.2) is 0 Å². The predicted octanol–water partition coefficient (Wildman–Crippen LogP) is 0.499. The molecule has 1 aliphatic heterocycles. The number of aliphatic hydroxyl groups is 2. The molecule has 3 atom stereocenters. The van der Waals surface area contributed by atoms with Gasteiger partial charge in [-0.15, -0.1) is 0 Å². The standard InChI is InChI=1S/C13H28N2O3/c1-10(8-16)13(14)6-5-7-15(9-13)11(17)18-12(2,3)4/h10-11,16-17H,5-9,14H2,1-4H3. The molecule has 0 amide bonds. The van der Waals surface area contributed by atoms with Crippen LogP contribution in [0.4, 0.5) is 0 Å². The fourth-order valence-corrected chi connectivity index (χ4v) is 2.31. The van der Waals surface area contributed by atoms with Crippen molar-refractivity contribution in [1.82, 2.24) is 4.90 Å². The summed E-state index contributed by atoms with van der Waals surface area (Å²) in [5.41, 5.74) is 5.50. The number of ether oxygens (including phenoxy) is 1. The Balaban J connectivity index is 2.63. The highest BCUT2D eigenvalue weighted by Gasteiger charge is 2.39. The van der Waals surface area contributed by atoms with E-state index in [0.717, 1.165) is 19.4 Å². The Morgan fingerprint density at radius 3 is 2.56 bits per heavy atom. The molecule has 1 aliphatic rings. The molecule has 5 heteroatoms. The molecule has 0 radical (unpaired) electrons. The number of piperidine rings is 1. The van der Waals surface area contributed by atoms with E-state index in [1.54, 1.807) is 0 Å². The molecule has 0 aliphatic carbocycles. The monoisotopic (exact) mass is 260 g/mol. The molecule has 1 saturated heterocycles. The molecule has 18 heavy (non-hydrogen) atoms. The molecule has 0 aromatic heterocycles. The summed E-state index contributed by atoms with van der Waals surface area (Å²) in [4.78, 5) is 1.85. The summed E-state index contributed by atoms with van der Waals surface area (Å²) < 4.78 is 5.55. The highest BCUT2D eigenvalue weighted by atomic mass is 16.6. The summed E-state index contributed by atoms with van der Waals surface area (Å²) in [6, 6.07) is 0. The first kappa shape index (κ1) is 15.9. The highest BCUT2D eigenvalue weighted by molar-refractivity contribution is 4.95. The lowest BCUT2D eigenvalue weighted by atomic mass is 9.80. The Morgan fingerprint density at radius 1 is 1.44 bits per heavy atom. The van der Waals surface area contributed by atoms with E-state index in [0.29, 0.717) is 6.54 Å². The van der Waals surface area contributed by atoms with E-state index in [-0.39, 0.29) is 12.5 Å². The van der Waals surface area contributed by atoms with Gasteiger partial charge in [-0.25, -0.2) is 0 Å². The molecular weight excluding hydrogens is 232 g/mol. The maximum absolute atomic E-state index is 10.1. The van der Waals surface area contributed by atoms with Gasteiger partial charge in [0.05, 0.1) is 5.60 Å². The maximum Gasteiger partial charge on any atom is 0.216 e. The zero-order chi connectivity index (χ0) is 14.0. The van der Waals surface area contributed by atoms with E-state index in [9.17, 15) is 10.2 Å². The van der Waals surface area contributed by atoms with E-state index < -0.39 is 17.6 Å². The van der Waals surface area contributed by atoms with Gasteiger partial charge in [0.25, 0.3) is 0 Å². The summed E-state index contributed by atoms with van der Waals surface area (Å²) in [7, 11) is 0.